The maximum Gasteiger partial charge on any atom is 0.192 e. The van der Waals surface area contributed by atoms with Gasteiger partial charge in [-0.3, -0.25) is 4.99 Å². The van der Waals surface area contributed by atoms with Crippen LogP contribution in [0.3, 0.4) is 0 Å². The second kappa shape index (κ2) is 5.69. The van der Waals surface area contributed by atoms with Crippen LogP contribution in [0.15, 0.2) is 4.99 Å². The SMILES string of the molecule is C/N=C(\NC)N(C)C.Cl. The van der Waals surface area contributed by atoms with E-state index in [9.17, 15) is 0 Å². The molecule has 0 spiro atoms. The minimum Gasteiger partial charge on any atom is -0.359 e. The summed E-state index contributed by atoms with van der Waals surface area (Å²) in [7, 11) is 7.49. The minimum atomic E-state index is 0. The average Bonchev–Trinajstić information content (AvgIpc) is 1.69. The monoisotopic (exact) mass is 151 g/mol. The van der Waals surface area contributed by atoms with Crippen LogP contribution in [0.5, 0.6) is 0 Å². The molecule has 0 saturated heterocycles. The van der Waals surface area contributed by atoms with Crippen molar-refractivity contribution in [2.24, 2.45) is 4.99 Å². The van der Waals surface area contributed by atoms with E-state index in [0.717, 1.165) is 5.96 Å². The predicted molar refractivity (Wildman–Crippen MR) is 43.4 cm³/mol. The van der Waals surface area contributed by atoms with Gasteiger partial charge in [0, 0.05) is 28.2 Å². The van der Waals surface area contributed by atoms with Crippen molar-refractivity contribution in [2.45, 2.75) is 0 Å². The molecule has 4 heteroatoms. The molecule has 0 bridgehead atoms. The van der Waals surface area contributed by atoms with Crippen molar-refractivity contribution < 1.29 is 0 Å². The Bertz CT molecular complexity index is 90.2. The molecule has 0 amide bonds. The number of guanidine groups is 1. The Morgan fingerprint density at radius 3 is 1.89 bits per heavy atom. The van der Waals surface area contributed by atoms with E-state index in [0.29, 0.717) is 0 Å². The molecule has 0 aromatic heterocycles. The zero-order valence-corrected chi connectivity index (χ0v) is 7.12. The molecule has 0 unspecified atom stereocenters. The van der Waals surface area contributed by atoms with Crippen LogP contribution in [0.25, 0.3) is 0 Å². The summed E-state index contributed by atoms with van der Waals surface area (Å²) in [5, 5.41) is 2.93. The first-order chi connectivity index (χ1) is 3.72. The highest BCUT2D eigenvalue weighted by atomic mass is 35.5. The molecule has 0 aliphatic heterocycles. The topological polar surface area (TPSA) is 27.6 Å². The van der Waals surface area contributed by atoms with E-state index in [1.807, 2.05) is 26.0 Å². The molecule has 56 valence electrons. The van der Waals surface area contributed by atoms with Crippen molar-refractivity contribution >= 4 is 18.4 Å². The van der Waals surface area contributed by atoms with Gasteiger partial charge in [0.1, 0.15) is 0 Å². The van der Waals surface area contributed by atoms with Crippen molar-refractivity contribution in [3.05, 3.63) is 0 Å². The van der Waals surface area contributed by atoms with Gasteiger partial charge in [-0.05, 0) is 0 Å². The van der Waals surface area contributed by atoms with E-state index in [1.165, 1.54) is 0 Å². The summed E-state index contributed by atoms with van der Waals surface area (Å²) in [5.41, 5.74) is 0. The van der Waals surface area contributed by atoms with Crippen LogP contribution in [0.1, 0.15) is 0 Å². The third-order valence-electron chi connectivity index (χ3n) is 0.859. The first kappa shape index (κ1) is 11.4. The maximum absolute atomic E-state index is 3.94. The summed E-state index contributed by atoms with van der Waals surface area (Å²) >= 11 is 0. The lowest BCUT2D eigenvalue weighted by atomic mass is 10.8. The first-order valence-electron chi connectivity index (χ1n) is 2.54. The van der Waals surface area contributed by atoms with E-state index in [4.69, 9.17) is 0 Å². The van der Waals surface area contributed by atoms with Crippen molar-refractivity contribution in [3.63, 3.8) is 0 Å². The Morgan fingerprint density at radius 2 is 1.89 bits per heavy atom. The summed E-state index contributed by atoms with van der Waals surface area (Å²) in [5.74, 6) is 0.894. The molecular formula is C5H14ClN3. The van der Waals surface area contributed by atoms with Crippen LogP contribution < -0.4 is 5.32 Å². The van der Waals surface area contributed by atoms with Gasteiger partial charge in [0.25, 0.3) is 0 Å². The fraction of sp³-hybridized carbons (Fsp3) is 0.800. The number of hydrogen-bond acceptors (Lipinski definition) is 1. The van der Waals surface area contributed by atoms with Gasteiger partial charge in [0.05, 0.1) is 0 Å². The normalized spacial score (nSPS) is 10.0. The standard InChI is InChI=1S/C5H13N3.ClH/c1-6-5(7-2)8(3)4;/h1-4H3,(H,6,7);1H. The van der Waals surface area contributed by atoms with Gasteiger partial charge in [-0.2, -0.15) is 0 Å². The summed E-state index contributed by atoms with van der Waals surface area (Å²) < 4.78 is 0. The van der Waals surface area contributed by atoms with E-state index in [2.05, 4.69) is 10.3 Å². The first-order valence-corrected chi connectivity index (χ1v) is 2.54. The second-order valence-electron chi connectivity index (χ2n) is 1.69. The zero-order valence-electron chi connectivity index (χ0n) is 6.30. The Morgan fingerprint density at radius 1 is 1.44 bits per heavy atom. The summed E-state index contributed by atoms with van der Waals surface area (Å²) in [6.45, 7) is 0. The lowest BCUT2D eigenvalue weighted by Crippen LogP contribution is -2.33. The third kappa shape index (κ3) is 4.09. The number of hydrogen-bond donors (Lipinski definition) is 1. The molecule has 0 fully saturated rings. The predicted octanol–water partition coefficient (Wildman–Crippen LogP) is 0.175. The summed E-state index contributed by atoms with van der Waals surface area (Å²) in [6, 6.07) is 0. The van der Waals surface area contributed by atoms with Gasteiger partial charge in [-0.15, -0.1) is 12.4 Å². The van der Waals surface area contributed by atoms with Gasteiger partial charge in [-0.25, -0.2) is 0 Å². The number of nitrogens with zero attached hydrogens (tertiary/aromatic N) is 2. The van der Waals surface area contributed by atoms with Gasteiger partial charge >= 0.3 is 0 Å². The number of rotatable bonds is 0. The molecule has 0 aromatic carbocycles. The quantitative estimate of drug-likeness (QED) is 0.395. The van der Waals surface area contributed by atoms with Gasteiger partial charge in [0.2, 0.25) is 0 Å². The molecule has 0 saturated carbocycles. The summed E-state index contributed by atoms with van der Waals surface area (Å²) in [6.07, 6.45) is 0. The lowest BCUT2D eigenvalue weighted by Gasteiger charge is -2.12. The molecule has 0 aliphatic carbocycles. The number of aliphatic imine (C=N–C) groups is 1. The Hall–Kier alpha value is -0.440. The van der Waals surface area contributed by atoms with Crippen molar-refractivity contribution in [1.29, 1.82) is 0 Å². The largest absolute Gasteiger partial charge is 0.359 e. The van der Waals surface area contributed by atoms with Crippen LogP contribution in [0, 0.1) is 0 Å². The van der Waals surface area contributed by atoms with Crippen molar-refractivity contribution in [1.82, 2.24) is 10.2 Å². The molecular weight excluding hydrogens is 138 g/mol. The molecule has 3 nitrogen and oxygen atoms in total. The van der Waals surface area contributed by atoms with Gasteiger partial charge < -0.3 is 10.2 Å². The molecule has 1 N–H and O–H groups in total. The van der Waals surface area contributed by atoms with Crippen LogP contribution >= 0.6 is 12.4 Å². The molecule has 9 heavy (non-hydrogen) atoms. The maximum atomic E-state index is 3.94. The highest BCUT2D eigenvalue weighted by Gasteiger charge is 1.91. The molecule has 0 aromatic rings. The van der Waals surface area contributed by atoms with Crippen molar-refractivity contribution in [2.75, 3.05) is 28.2 Å². The second-order valence-corrected chi connectivity index (χ2v) is 1.69. The highest BCUT2D eigenvalue weighted by molar-refractivity contribution is 5.85. The fourth-order valence-electron chi connectivity index (χ4n) is 0.535. The Labute approximate surface area is 62.6 Å². The molecule has 0 heterocycles. The van der Waals surface area contributed by atoms with E-state index >= 15 is 0 Å². The molecule has 0 atom stereocenters. The Balaban J connectivity index is 0. The van der Waals surface area contributed by atoms with Crippen molar-refractivity contribution in [3.8, 4) is 0 Å². The van der Waals surface area contributed by atoms with Crippen LogP contribution in [0.2, 0.25) is 0 Å². The van der Waals surface area contributed by atoms with E-state index in [-0.39, 0.29) is 12.4 Å². The van der Waals surface area contributed by atoms with Crippen LogP contribution in [-0.2, 0) is 0 Å². The fourth-order valence-corrected chi connectivity index (χ4v) is 0.535. The van der Waals surface area contributed by atoms with E-state index in [1.54, 1.807) is 7.05 Å². The average molecular weight is 152 g/mol. The van der Waals surface area contributed by atoms with E-state index < -0.39 is 0 Å². The molecule has 0 rings (SSSR count). The van der Waals surface area contributed by atoms with Crippen LogP contribution in [-0.4, -0.2) is 39.1 Å². The Kier molecular flexibility index (Phi) is 7.19. The summed E-state index contributed by atoms with van der Waals surface area (Å²) in [4.78, 5) is 5.85. The lowest BCUT2D eigenvalue weighted by molar-refractivity contribution is 0.596. The molecule has 0 aliphatic rings. The van der Waals surface area contributed by atoms with Gasteiger partial charge in [-0.1, -0.05) is 0 Å². The minimum absolute atomic E-state index is 0. The third-order valence-corrected chi connectivity index (χ3v) is 0.859. The number of halogens is 1. The van der Waals surface area contributed by atoms with Crippen LogP contribution in [0.4, 0.5) is 0 Å². The number of nitrogens with one attached hydrogen (secondary N) is 1. The molecule has 0 radical (unpaired) electrons. The highest BCUT2D eigenvalue weighted by Crippen LogP contribution is 1.73. The zero-order chi connectivity index (χ0) is 6.57. The van der Waals surface area contributed by atoms with Gasteiger partial charge in [0.15, 0.2) is 5.96 Å². The smallest absolute Gasteiger partial charge is 0.192 e.